The first kappa shape index (κ1) is 17.6. The van der Waals surface area contributed by atoms with Gasteiger partial charge < -0.3 is 15.4 Å². The fourth-order valence-corrected chi connectivity index (χ4v) is 2.81. The number of guanidine groups is 1. The maximum Gasteiger partial charge on any atom is 0.191 e. The van der Waals surface area contributed by atoms with Gasteiger partial charge in [0.05, 0.1) is 18.1 Å². The van der Waals surface area contributed by atoms with Crippen molar-refractivity contribution >= 4 is 28.9 Å². The Morgan fingerprint density at radius 1 is 1.39 bits per heavy atom. The van der Waals surface area contributed by atoms with E-state index in [0.29, 0.717) is 29.8 Å². The predicted octanol–water partition coefficient (Wildman–Crippen LogP) is 3.24. The summed E-state index contributed by atoms with van der Waals surface area (Å²) in [7, 11) is 1.74. The van der Waals surface area contributed by atoms with Gasteiger partial charge in [0, 0.05) is 18.1 Å². The number of ether oxygens (including phenoxy) is 1. The van der Waals surface area contributed by atoms with Crippen molar-refractivity contribution in [1.29, 1.82) is 0 Å². The van der Waals surface area contributed by atoms with E-state index in [9.17, 15) is 0 Å². The highest BCUT2D eigenvalue weighted by atomic mass is 35.5. The van der Waals surface area contributed by atoms with Crippen LogP contribution in [0, 0.1) is 6.92 Å². The molecule has 2 rings (SSSR count). The van der Waals surface area contributed by atoms with Gasteiger partial charge in [-0.25, -0.2) is 4.98 Å². The minimum atomic E-state index is -0.0458. The van der Waals surface area contributed by atoms with Gasteiger partial charge in [-0.2, -0.15) is 0 Å². The van der Waals surface area contributed by atoms with E-state index >= 15 is 0 Å². The van der Waals surface area contributed by atoms with Crippen molar-refractivity contribution in [2.45, 2.75) is 26.5 Å². The number of aryl methyl sites for hydroxylation is 1. The van der Waals surface area contributed by atoms with Gasteiger partial charge in [0.1, 0.15) is 16.9 Å². The smallest absolute Gasteiger partial charge is 0.191 e. The van der Waals surface area contributed by atoms with Crippen LogP contribution in [0.5, 0.6) is 5.75 Å². The normalized spacial score (nSPS) is 12.8. The van der Waals surface area contributed by atoms with E-state index in [1.165, 1.54) is 4.88 Å². The van der Waals surface area contributed by atoms with Crippen LogP contribution in [-0.2, 0) is 6.54 Å². The Labute approximate surface area is 145 Å². The van der Waals surface area contributed by atoms with Crippen LogP contribution in [0.4, 0.5) is 0 Å². The molecule has 2 N–H and O–H groups in total. The third-order valence-electron chi connectivity index (χ3n) is 3.02. The Kier molecular flexibility index (Phi) is 6.67. The number of thiazole rings is 1. The number of rotatable bonds is 6. The molecule has 0 bridgehead atoms. The van der Waals surface area contributed by atoms with Gasteiger partial charge in [0.25, 0.3) is 0 Å². The third kappa shape index (κ3) is 5.73. The zero-order valence-electron chi connectivity index (χ0n) is 13.5. The Balaban J connectivity index is 1.77. The van der Waals surface area contributed by atoms with Gasteiger partial charge in [-0.15, -0.1) is 11.3 Å². The van der Waals surface area contributed by atoms with Crippen LogP contribution in [0.2, 0.25) is 5.02 Å². The van der Waals surface area contributed by atoms with Crippen molar-refractivity contribution < 1.29 is 4.74 Å². The van der Waals surface area contributed by atoms with Crippen molar-refractivity contribution in [3.8, 4) is 5.75 Å². The van der Waals surface area contributed by atoms with Crippen LogP contribution in [0.3, 0.4) is 0 Å². The lowest BCUT2D eigenvalue weighted by Crippen LogP contribution is -2.41. The van der Waals surface area contributed by atoms with Crippen LogP contribution in [0.25, 0.3) is 0 Å². The van der Waals surface area contributed by atoms with Crippen LogP contribution < -0.4 is 15.4 Å². The summed E-state index contributed by atoms with van der Waals surface area (Å²) in [5.41, 5.74) is 0. The van der Waals surface area contributed by atoms with Crippen LogP contribution in [0.15, 0.2) is 35.5 Å². The monoisotopic (exact) mass is 352 g/mol. The van der Waals surface area contributed by atoms with Gasteiger partial charge in [-0.05, 0) is 26.0 Å². The quantitative estimate of drug-likeness (QED) is 0.619. The summed E-state index contributed by atoms with van der Waals surface area (Å²) in [6.07, 6.45) is 1.83. The van der Waals surface area contributed by atoms with Crippen molar-refractivity contribution in [1.82, 2.24) is 15.6 Å². The Morgan fingerprint density at radius 3 is 2.83 bits per heavy atom. The summed E-state index contributed by atoms with van der Waals surface area (Å²) in [6, 6.07) is 7.45. The molecule has 0 aliphatic carbocycles. The molecule has 0 amide bonds. The maximum atomic E-state index is 6.09. The largest absolute Gasteiger partial charge is 0.487 e. The number of aliphatic imine (C=N–C) groups is 1. The minimum absolute atomic E-state index is 0.0458. The molecule has 1 unspecified atom stereocenters. The van der Waals surface area contributed by atoms with Crippen LogP contribution >= 0.6 is 22.9 Å². The molecule has 0 spiro atoms. The van der Waals surface area contributed by atoms with Crippen LogP contribution in [0.1, 0.15) is 16.8 Å². The van der Waals surface area contributed by atoms with E-state index in [1.807, 2.05) is 44.3 Å². The number of para-hydroxylation sites is 1. The molecule has 0 radical (unpaired) electrons. The number of nitrogens with one attached hydrogen (secondary N) is 2. The first-order valence-electron chi connectivity index (χ1n) is 7.35. The SMILES string of the molecule is CN=C(NCc1ncc(C)s1)NCC(C)Oc1ccccc1Cl. The molecular weight excluding hydrogens is 332 g/mol. The molecule has 5 nitrogen and oxygen atoms in total. The third-order valence-corrected chi connectivity index (χ3v) is 4.25. The highest BCUT2D eigenvalue weighted by Gasteiger charge is 2.08. The maximum absolute atomic E-state index is 6.09. The Bertz CT molecular complexity index is 659. The second-order valence-electron chi connectivity index (χ2n) is 5.03. The van der Waals surface area contributed by atoms with Crippen LogP contribution in [-0.4, -0.2) is 30.6 Å². The fourth-order valence-electron chi connectivity index (χ4n) is 1.90. The molecule has 0 saturated carbocycles. The second kappa shape index (κ2) is 8.74. The molecule has 7 heteroatoms. The molecule has 124 valence electrons. The average Bonchev–Trinajstić information content (AvgIpc) is 2.95. The van der Waals surface area contributed by atoms with E-state index in [-0.39, 0.29) is 6.10 Å². The molecule has 23 heavy (non-hydrogen) atoms. The molecule has 1 aromatic carbocycles. The number of hydrogen-bond acceptors (Lipinski definition) is 4. The summed E-state index contributed by atoms with van der Waals surface area (Å²) in [6.45, 7) is 5.29. The molecule has 0 saturated heterocycles. The van der Waals surface area contributed by atoms with E-state index in [4.69, 9.17) is 16.3 Å². The fraction of sp³-hybridized carbons (Fsp3) is 0.375. The molecule has 2 aromatic rings. The van der Waals surface area contributed by atoms with Crippen molar-refractivity contribution in [2.24, 2.45) is 4.99 Å². The number of nitrogens with zero attached hydrogens (tertiary/aromatic N) is 2. The van der Waals surface area contributed by atoms with E-state index in [2.05, 4.69) is 20.6 Å². The molecular formula is C16H21ClN4OS. The molecule has 1 heterocycles. The standard InChI is InChI=1S/C16H21ClN4OS/c1-11(22-14-7-5-4-6-13(14)17)8-20-16(18-3)21-10-15-19-9-12(2)23-15/h4-7,9,11H,8,10H2,1-3H3,(H2,18,20,21). The van der Waals surface area contributed by atoms with Crippen molar-refractivity contribution in [3.05, 3.63) is 45.4 Å². The van der Waals surface area contributed by atoms with Gasteiger partial charge >= 0.3 is 0 Å². The summed E-state index contributed by atoms with van der Waals surface area (Å²) in [5.74, 6) is 1.40. The Morgan fingerprint density at radius 2 is 2.17 bits per heavy atom. The highest BCUT2D eigenvalue weighted by molar-refractivity contribution is 7.11. The lowest BCUT2D eigenvalue weighted by molar-refractivity contribution is 0.224. The molecule has 1 aromatic heterocycles. The average molecular weight is 353 g/mol. The number of benzene rings is 1. The summed E-state index contributed by atoms with van der Waals surface area (Å²) in [4.78, 5) is 9.71. The Hall–Kier alpha value is -1.79. The second-order valence-corrected chi connectivity index (χ2v) is 6.76. The molecule has 1 atom stereocenters. The number of halogens is 1. The zero-order valence-corrected chi connectivity index (χ0v) is 15.0. The predicted molar refractivity (Wildman–Crippen MR) is 96.6 cm³/mol. The molecule has 0 fully saturated rings. The highest BCUT2D eigenvalue weighted by Crippen LogP contribution is 2.23. The first-order valence-corrected chi connectivity index (χ1v) is 8.55. The van der Waals surface area contributed by atoms with E-state index < -0.39 is 0 Å². The molecule has 0 aliphatic heterocycles. The molecule has 0 aliphatic rings. The zero-order chi connectivity index (χ0) is 16.7. The van der Waals surface area contributed by atoms with Gasteiger partial charge in [0.15, 0.2) is 5.96 Å². The minimum Gasteiger partial charge on any atom is -0.487 e. The van der Waals surface area contributed by atoms with Gasteiger partial charge in [-0.3, -0.25) is 4.99 Å². The first-order chi connectivity index (χ1) is 11.1. The number of aromatic nitrogens is 1. The van der Waals surface area contributed by atoms with Gasteiger partial charge in [0.2, 0.25) is 0 Å². The number of hydrogen-bond donors (Lipinski definition) is 2. The van der Waals surface area contributed by atoms with Crippen molar-refractivity contribution in [2.75, 3.05) is 13.6 Å². The van der Waals surface area contributed by atoms with Crippen molar-refractivity contribution in [3.63, 3.8) is 0 Å². The lowest BCUT2D eigenvalue weighted by atomic mass is 10.3. The topological polar surface area (TPSA) is 58.5 Å². The van der Waals surface area contributed by atoms with Gasteiger partial charge in [-0.1, -0.05) is 23.7 Å². The van der Waals surface area contributed by atoms with E-state index in [0.717, 1.165) is 5.01 Å². The summed E-state index contributed by atoms with van der Waals surface area (Å²) >= 11 is 7.76. The van der Waals surface area contributed by atoms with E-state index in [1.54, 1.807) is 18.4 Å². The summed E-state index contributed by atoms with van der Waals surface area (Å²) in [5, 5.41) is 8.11. The summed E-state index contributed by atoms with van der Waals surface area (Å²) < 4.78 is 5.82. The lowest BCUT2D eigenvalue weighted by Gasteiger charge is -2.18.